The van der Waals surface area contributed by atoms with E-state index in [1.807, 2.05) is 0 Å². The van der Waals surface area contributed by atoms with Crippen molar-refractivity contribution in [3.05, 3.63) is 35.1 Å². The predicted molar refractivity (Wildman–Crippen MR) is 80.0 cm³/mol. The highest BCUT2D eigenvalue weighted by molar-refractivity contribution is 5.94. The number of halogens is 1. The number of ether oxygens (including phenoxy) is 1. The quantitative estimate of drug-likeness (QED) is 0.850. The summed E-state index contributed by atoms with van der Waals surface area (Å²) in [6, 6.07) is 4.98. The third-order valence-electron chi connectivity index (χ3n) is 3.91. The van der Waals surface area contributed by atoms with E-state index in [-0.39, 0.29) is 11.5 Å². The third kappa shape index (κ3) is 4.02. The van der Waals surface area contributed by atoms with Crippen molar-refractivity contribution in [1.29, 1.82) is 0 Å². The zero-order valence-electron chi connectivity index (χ0n) is 12.8. The Morgan fingerprint density at radius 1 is 1.29 bits per heavy atom. The molecule has 1 aliphatic heterocycles. The number of methoxy groups -OCH3 is 1. The topological polar surface area (TPSA) is 32.8 Å². The van der Waals surface area contributed by atoms with Gasteiger partial charge in [-0.1, -0.05) is 12.1 Å². The minimum atomic E-state index is -0.400. The molecule has 4 nitrogen and oxygen atoms in total. The van der Waals surface area contributed by atoms with E-state index < -0.39 is 5.82 Å². The summed E-state index contributed by atoms with van der Waals surface area (Å²) in [7, 11) is 1.69. The van der Waals surface area contributed by atoms with E-state index in [1.165, 1.54) is 0 Å². The average molecular weight is 294 g/mol. The number of rotatable bonds is 4. The van der Waals surface area contributed by atoms with Crippen molar-refractivity contribution in [2.75, 3.05) is 46.4 Å². The Morgan fingerprint density at radius 3 is 2.86 bits per heavy atom. The molecule has 0 N–H and O–H groups in total. The van der Waals surface area contributed by atoms with Gasteiger partial charge in [-0.05, 0) is 31.5 Å². The lowest BCUT2D eigenvalue weighted by molar-refractivity contribution is 0.0754. The number of aryl methyl sites for hydroxylation is 1. The van der Waals surface area contributed by atoms with E-state index in [9.17, 15) is 9.18 Å². The molecule has 0 radical (unpaired) electrons. The van der Waals surface area contributed by atoms with Crippen molar-refractivity contribution in [1.82, 2.24) is 9.80 Å². The number of hydrogen-bond acceptors (Lipinski definition) is 3. The van der Waals surface area contributed by atoms with Crippen molar-refractivity contribution in [3.63, 3.8) is 0 Å². The van der Waals surface area contributed by atoms with Gasteiger partial charge in [-0.15, -0.1) is 0 Å². The Hall–Kier alpha value is -1.46. The first-order valence-corrected chi connectivity index (χ1v) is 7.39. The molecule has 0 aromatic heterocycles. The standard InChI is InChI=1S/C16H23FN2O2/c1-13-5-3-6-14(15(13)17)16(20)19-8-4-7-18(9-10-19)11-12-21-2/h3,5-6H,4,7-12H2,1-2H3. The molecule has 5 heteroatoms. The smallest absolute Gasteiger partial charge is 0.256 e. The van der Waals surface area contributed by atoms with E-state index >= 15 is 0 Å². The Morgan fingerprint density at radius 2 is 2.10 bits per heavy atom. The molecule has 1 aliphatic rings. The Kier molecular flexibility index (Phi) is 5.70. The second-order valence-corrected chi connectivity index (χ2v) is 5.42. The van der Waals surface area contributed by atoms with Crippen LogP contribution in [0.5, 0.6) is 0 Å². The van der Waals surface area contributed by atoms with Crippen molar-refractivity contribution in [2.45, 2.75) is 13.3 Å². The van der Waals surface area contributed by atoms with Crippen molar-refractivity contribution < 1.29 is 13.9 Å². The SMILES string of the molecule is COCCN1CCCN(C(=O)c2cccc(C)c2F)CC1. The minimum Gasteiger partial charge on any atom is -0.383 e. The van der Waals surface area contributed by atoms with Crippen LogP contribution in [-0.2, 0) is 4.74 Å². The zero-order chi connectivity index (χ0) is 15.2. The van der Waals surface area contributed by atoms with Gasteiger partial charge in [0.15, 0.2) is 0 Å². The Labute approximate surface area is 125 Å². The van der Waals surface area contributed by atoms with E-state index in [0.717, 1.165) is 26.1 Å². The molecule has 1 heterocycles. The van der Waals surface area contributed by atoms with Crippen molar-refractivity contribution in [2.24, 2.45) is 0 Å². The molecule has 116 valence electrons. The molecule has 0 unspecified atom stereocenters. The number of benzene rings is 1. The predicted octanol–water partition coefficient (Wildman–Crippen LogP) is 1.93. The van der Waals surface area contributed by atoms with E-state index in [2.05, 4.69) is 4.90 Å². The lowest BCUT2D eigenvalue weighted by Gasteiger charge is -2.22. The molecule has 1 aromatic rings. The van der Waals surface area contributed by atoms with Crippen LogP contribution < -0.4 is 0 Å². The summed E-state index contributed by atoms with van der Waals surface area (Å²) in [4.78, 5) is 16.5. The molecule has 0 bridgehead atoms. The lowest BCUT2D eigenvalue weighted by atomic mass is 10.1. The van der Waals surface area contributed by atoms with Crippen LogP contribution in [0.3, 0.4) is 0 Å². The van der Waals surface area contributed by atoms with Crippen LogP contribution in [-0.4, -0.2) is 62.1 Å². The molecule has 1 amide bonds. The summed E-state index contributed by atoms with van der Waals surface area (Å²) in [5.41, 5.74) is 0.692. The summed E-state index contributed by atoms with van der Waals surface area (Å²) < 4.78 is 19.2. The van der Waals surface area contributed by atoms with Gasteiger partial charge < -0.3 is 9.64 Å². The zero-order valence-corrected chi connectivity index (χ0v) is 12.8. The van der Waals surface area contributed by atoms with Gasteiger partial charge in [0.1, 0.15) is 5.82 Å². The summed E-state index contributed by atoms with van der Waals surface area (Å²) >= 11 is 0. The van der Waals surface area contributed by atoms with Crippen LogP contribution in [0.1, 0.15) is 22.3 Å². The van der Waals surface area contributed by atoms with Gasteiger partial charge in [0.2, 0.25) is 0 Å². The van der Waals surface area contributed by atoms with Gasteiger partial charge in [0, 0.05) is 33.3 Å². The first-order valence-electron chi connectivity index (χ1n) is 7.39. The first-order chi connectivity index (χ1) is 10.1. The Bertz CT molecular complexity index is 493. The van der Waals surface area contributed by atoms with Crippen LogP contribution in [0, 0.1) is 12.7 Å². The summed E-state index contributed by atoms with van der Waals surface area (Å²) in [6.45, 7) is 6.32. The highest BCUT2D eigenvalue weighted by Crippen LogP contribution is 2.15. The molecule has 1 aromatic carbocycles. The first kappa shape index (κ1) is 15.9. The van der Waals surface area contributed by atoms with Gasteiger partial charge in [0.25, 0.3) is 5.91 Å². The minimum absolute atomic E-state index is 0.181. The molecule has 0 aliphatic carbocycles. The number of nitrogens with zero attached hydrogens (tertiary/aromatic N) is 2. The van der Waals surface area contributed by atoms with E-state index in [0.29, 0.717) is 25.3 Å². The van der Waals surface area contributed by atoms with Crippen LogP contribution in [0.2, 0.25) is 0 Å². The highest BCUT2D eigenvalue weighted by atomic mass is 19.1. The van der Waals surface area contributed by atoms with Crippen LogP contribution in [0.4, 0.5) is 4.39 Å². The van der Waals surface area contributed by atoms with Crippen LogP contribution in [0.15, 0.2) is 18.2 Å². The maximum Gasteiger partial charge on any atom is 0.256 e. The van der Waals surface area contributed by atoms with Crippen molar-refractivity contribution >= 4 is 5.91 Å². The van der Waals surface area contributed by atoms with E-state index in [1.54, 1.807) is 37.1 Å². The maximum absolute atomic E-state index is 14.1. The molecular weight excluding hydrogens is 271 g/mol. The number of carbonyl (C=O) groups excluding carboxylic acids is 1. The van der Waals surface area contributed by atoms with Crippen LogP contribution in [0.25, 0.3) is 0 Å². The third-order valence-corrected chi connectivity index (χ3v) is 3.91. The molecule has 0 saturated carbocycles. The maximum atomic E-state index is 14.1. The molecule has 0 spiro atoms. The van der Waals surface area contributed by atoms with E-state index in [4.69, 9.17) is 4.74 Å². The fraction of sp³-hybridized carbons (Fsp3) is 0.562. The number of amides is 1. The molecule has 2 rings (SSSR count). The summed E-state index contributed by atoms with van der Waals surface area (Å²) in [6.07, 6.45) is 0.906. The number of carbonyl (C=O) groups is 1. The summed E-state index contributed by atoms with van der Waals surface area (Å²) in [5.74, 6) is -0.604. The normalized spacial score (nSPS) is 16.8. The van der Waals surface area contributed by atoms with Crippen LogP contribution >= 0.6 is 0 Å². The largest absolute Gasteiger partial charge is 0.383 e. The second-order valence-electron chi connectivity index (χ2n) is 5.42. The molecular formula is C16H23FN2O2. The monoisotopic (exact) mass is 294 g/mol. The van der Waals surface area contributed by atoms with Gasteiger partial charge in [-0.3, -0.25) is 9.69 Å². The lowest BCUT2D eigenvalue weighted by Crippen LogP contribution is -2.36. The fourth-order valence-electron chi connectivity index (χ4n) is 2.60. The molecule has 21 heavy (non-hydrogen) atoms. The van der Waals surface area contributed by atoms with Gasteiger partial charge >= 0.3 is 0 Å². The molecule has 0 atom stereocenters. The van der Waals surface area contributed by atoms with Gasteiger partial charge in [-0.25, -0.2) is 4.39 Å². The molecule has 1 fully saturated rings. The van der Waals surface area contributed by atoms with Gasteiger partial charge in [-0.2, -0.15) is 0 Å². The fourth-order valence-corrected chi connectivity index (χ4v) is 2.60. The second kappa shape index (κ2) is 7.52. The van der Waals surface area contributed by atoms with Gasteiger partial charge in [0.05, 0.1) is 12.2 Å². The molecule has 1 saturated heterocycles. The summed E-state index contributed by atoms with van der Waals surface area (Å²) in [5, 5.41) is 0. The Balaban J connectivity index is 2.01. The highest BCUT2D eigenvalue weighted by Gasteiger charge is 2.22. The average Bonchev–Trinajstić information content (AvgIpc) is 2.73. The van der Waals surface area contributed by atoms with Crippen molar-refractivity contribution in [3.8, 4) is 0 Å². The number of hydrogen-bond donors (Lipinski definition) is 0.